The maximum atomic E-state index is 12.0. The summed E-state index contributed by atoms with van der Waals surface area (Å²) in [4.78, 5) is 13.0. The molecule has 0 unspecified atom stereocenters. The van der Waals surface area contributed by atoms with Gasteiger partial charge in [0, 0.05) is 10.6 Å². The van der Waals surface area contributed by atoms with Gasteiger partial charge in [-0.3, -0.25) is 4.79 Å². The Kier molecular flexibility index (Phi) is 5.80. The van der Waals surface area contributed by atoms with Gasteiger partial charge < -0.3 is 15.4 Å². The average molecular weight is 368 g/mol. The minimum absolute atomic E-state index is 0.108. The molecule has 0 saturated carbocycles. The summed E-state index contributed by atoms with van der Waals surface area (Å²) in [6, 6.07) is 15.0. The number of ether oxygens (including phenoxy) is 1. The quantitative estimate of drug-likeness (QED) is 0.652. The summed E-state index contributed by atoms with van der Waals surface area (Å²) in [5.41, 5.74) is 0.880. The molecule has 0 bridgehead atoms. The molecule has 0 radical (unpaired) electrons. The molecule has 26 heavy (non-hydrogen) atoms. The van der Waals surface area contributed by atoms with Crippen molar-refractivity contribution >= 4 is 34.6 Å². The molecule has 2 N–H and O–H groups in total. The molecule has 134 valence electrons. The largest absolute Gasteiger partial charge is 0.491 e. The van der Waals surface area contributed by atoms with Gasteiger partial charge in [-0.15, -0.1) is 21.5 Å². The van der Waals surface area contributed by atoms with Crippen molar-refractivity contribution in [2.45, 2.75) is 26.4 Å². The number of hydrogen-bond acceptors (Lipinski definition) is 6. The Bertz CT molecular complexity index is 831. The first-order chi connectivity index (χ1) is 12.6. The van der Waals surface area contributed by atoms with Crippen LogP contribution in [0, 0.1) is 0 Å². The van der Waals surface area contributed by atoms with E-state index < -0.39 is 0 Å². The third-order valence-electron chi connectivity index (χ3n) is 3.35. The number of carbonyl (C=O) groups excluding carboxylic acids is 1. The minimum Gasteiger partial charge on any atom is -0.491 e. The molecule has 3 aromatic rings. The number of hydrogen-bond donors (Lipinski definition) is 2. The molecule has 6 nitrogen and oxygen atoms in total. The molecule has 2 aromatic heterocycles. The second-order valence-electron chi connectivity index (χ2n) is 5.92. The van der Waals surface area contributed by atoms with Gasteiger partial charge in [-0.05, 0) is 61.7 Å². The monoisotopic (exact) mass is 368 g/mol. The van der Waals surface area contributed by atoms with E-state index in [1.54, 1.807) is 23.5 Å². The van der Waals surface area contributed by atoms with E-state index in [-0.39, 0.29) is 12.0 Å². The maximum absolute atomic E-state index is 12.0. The highest BCUT2D eigenvalue weighted by Gasteiger charge is 2.06. The van der Waals surface area contributed by atoms with Gasteiger partial charge in [0.15, 0.2) is 11.6 Å². The number of rotatable bonds is 7. The molecule has 0 saturated heterocycles. The van der Waals surface area contributed by atoms with Gasteiger partial charge >= 0.3 is 0 Å². The lowest BCUT2D eigenvalue weighted by atomic mass is 10.3. The Morgan fingerprint density at radius 2 is 1.81 bits per heavy atom. The fourth-order valence-electron chi connectivity index (χ4n) is 2.26. The third-order valence-corrected chi connectivity index (χ3v) is 4.22. The molecule has 7 heteroatoms. The van der Waals surface area contributed by atoms with E-state index in [0.717, 1.165) is 16.3 Å². The summed E-state index contributed by atoms with van der Waals surface area (Å²) in [5, 5.41) is 16.0. The number of nitrogens with one attached hydrogen (secondary N) is 2. The van der Waals surface area contributed by atoms with Gasteiger partial charge in [0.2, 0.25) is 5.91 Å². The van der Waals surface area contributed by atoms with Crippen LogP contribution < -0.4 is 15.4 Å². The number of nitrogens with zero attached hydrogens (tertiary/aromatic N) is 2. The lowest BCUT2D eigenvalue weighted by molar-refractivity contribution is -0.115. The van der Waals surface area contributed by atoms with Gasteiger partial charge in [0.25, 0.3) is 0 Å². The number of aromatic nitrogens is 2. The van der Waals surface area contributed by atoms with Crippen LogP contribution in [-0.4, -0.2) is 22.2 Å². The van der Waals surface area contributed by atoms with Gasteiger partial charge in [-0.1, -0.05) is 6.07 Å². The smallest absolute Gasteiger partial charge is 0.230 e. The van der Waals surface area contributed by atoms with Crippen LogP contribution in [0.5, 0.6) is 5.75 Å². The van der Waals surface area contributed by atoms with Crippen LogP contribution in [0.3, 0.4) is 0 Å². The molecule has 1 amide bonds. The lowest BCUT2D eigenvalue weighted by Gasteiger charge is -2.11. The van der Waals surface area contributed by atoms with Gasteiger partial charge in [-0.2, -0.15) is 0 Å². The number of thiophene rings is 1. The van der Waals surface area contributed by atoms with Crippen LogP contribution in [0.25, 0.3) is 0 Å². The molecule has 3 rings (SSSR count). The highest BCUT2D eigenvalue weighted by Crippen LogP contribution is 2.20. The highest BCUT2D eigenvalue weighted by atomic mass is 32.1. The zero-order chi connectivity index (χ0) is 18.4. The van der Waals surface area contributed by atoms with Crippen LogP contribution >= 0.6 is 11.3 Å². The molecule has 0 atom stereocenters. The van der Waals surface area contributed by atoms with Crippen LogP contribution in [-0.2, 0) is 11.2 Å². The summed E-state index contributed by atoms with van der Waals surface area (Å²) in [6.45, 7) is 3.98. The van der Waals surface area contributed by atoms with Gasteiger partial charge in [-0.25, -0.2) is 0 Å². The third kappa shape index (κ3) is 5.29. The van der Waals surface area contributed by atoms with Crippen molar-refractivity contribution in [1.82, 2.24) is 10.2 Å². The van der Waals surface area contributed by atoms with Crippen LogP contribution in [0.15, 0.2) is 53.9 Å². The molecular formula is C19H20N4O2S. The van der Waals surface area contributed by atoms with E-state index in [0.29, 0.717) is 18.1 Å². The number of carbonyl (C=O) groups is 1. The van der Waals surface area contributed by atoms with Gasteiger partial charge in [0.1, 0.15) is 5.75 Å². The maximum Gasteiger partial charge on any atom is 0.230 e. The zero-order valence-corrected chi connectivity index (χ0v) is 15.4. The van der Waals surface area contributed by atoms with E-state index in [1.807, 2.05) is 55.6 Å². The van der Waals surface area contributed by atoms with Crippen LogP contribution in [0.1, 0.15) is 18.7 Å². The second-order valence-corrected chi connectivity index (χ2v) is 6.96. The standard InChI is InChI=1S/C19H20N4O2S/c1-13(2)25-15-7-5-14(6-8-15)20-17-9-10-18(23-22-17)21-19(24)12-16-4-3-11-26-16/h3-11,13H,12H2,1-2H3,(H,20,22)(H,21,23,24). The number of anilines is 3. The number of amides is 1. The van der Waals surface area contributed by atoms with Gasteiger partial charge in [0.05, 0.1) is 12.5 Å². The van der Waals surface area contributed by atoms with Crippen molar-refractivity contribution in [1.29, 1.82) is 0 Å². The predicted octanol–water partition coefficient (Wildman–Crippen LogP) is 4.25. The van der Waals surface area contributed by atoms with Crippen molar-refractivity contribution in [2.24, 2.45) is 0 Å². The second kappa shape index (κ2) is 8.44. The SMILES string of the molecule is CC(C)Oc1ccc(Nc2ccc(NC(=O)Cc3cccs3)nn2)cc1. The lowest BCUT2D eigenvalue weighted by Crippen LogP contribution is -2.15. The molecule has 0 fully saturated rings. The van der Waals surface area contributed by atoms with E-state index in [1.165, 1.54) is 0 Å². The highest BCUT2D eigenvalue weighted by molar-refractivity contribution is 7.10. The Hall–Kier alpha value is -2.93. The zero-order valence-electron chi connectivity index (χ0n) is 14.6. The first-order valence-electron chi connectivity index (χ1n) is 8.28. The molecule has 0 spiro atoms. The van der Waals surface area contributed by atoms with Crippen molar-refractivity contribution in [2.75, 3.05) is 10.6 Å². The summed E-state index contributed by atoms with van der Waals surface area (Å²) in [5.74, 6) is 1.74. The Labute approximate surface area is 156 Å². The average Bonchev–Trinajstić information content (AvgIpc) is 3.11. The van der Waals surface area contributed by atoms with E-state index in [9.17, 15) is 4.79 Å². The van der Waals surface area contributed by atoms with E-state index in [2.05, 4.69) is 20.8 Å². The predicted molar refractivity (Wildman–Crippen MR) is 104 cm³/mol. The molecule has 0 aliphatic rings. The fourth-order valence-corrected chi connectivity index (χ4v) is 2.96. The Morgan fingerprint density at radius 1 is 1.08 bits per heavy atom. The fraction of sp³-hybridized carbons (Fsp3) is 0.211. The molecule has 0 aliphatic carbocycles. The molecule has 1 aromatic carbocycles. The van der Waals surface area contributed by atoms with Crippen LogP contribution in [0.4, 0.5) is 17.3 Å². The van der Waals surface area contributed by atoms with Crippen molar-refractivity contribution in [3.63, 3.8) is 0 Å². The van der Waals surface area contributed by atoms with Crippen molar-refractivity contribution in [3.8, 4) is 5.75 Å². The van der Waals surface area contributed by atoms with Crippen LogP contribution in [0.2, 0.25) is 0 Å². The summed E-state index contributed by atoms with van der Waals surface area (Å²) >= 11 is 1.55. The first-order valence-corrected chi connectivity index (χ1v) is 9.16. The number of benzene rings is 1. The summed E-state index contributed by atoms with van der Waals surface area (Å²) in [6.07, 6.45) is 0.478. The first kappa shape index (κ1) is 17.9. The minimum atomic E-state index is -0.108. The summed E-state index contributed by atoms with van der Waals surface area (Å²) < 4.78 is 5.61. The Balaban J connectivity index is 1.54. The summed E-state index contributed by atoms with van der Waals surface area (Å²) in [7, 11) is 0. The normalized spacial score (nSPS) is 10.6. The van der Waals surface area contributed by atoms with E-state index >= 15 is 0 Å². The van der Waals surface area contributed by atoms with E-state index in [4.69, 9.17) is 4.74 Å². The molecule has 2 heterocycles. The topological polar surface area (TPSA) is 76.1 Å². The molecule has 0 aliphatic heterocycles. The molecular weight excluding hydrogens is 348 g/mol. The van der Waals surface area contributed by atoms with Crippen molar-refractivity contribution < 1.29 is 9.53 Å². The van der Waals surface area contributed by atoms with Crippen molar-refractivity contribution in [3.05, 3.63) is 58.8 Å². The Morgan fingerprint density at radius 3 is 2.42 bits per heavy atom.